The molecule has 3 rings (SSSR count). The Labute approximate surface area is 119 Å². The van der Waals surface area contributed by atoms with E-state index in [0.29, 0.717) is 0 Å². The van der Waals surface area contributed by atoms with Crippen LogP contribution >= 0.6 is 34.5 Å². The molecule has 0 N–H and O–H groups in total. The summed E-state index contributed by atoms with van der Waals surface area (Å²) in [5.74, 6) is 0. The van der Waals surface area contributed by atoms with Crippen molar-refractivity contribution in [3.63, 3.8) is 0 Å². The highest BCUT2D eigenvalue weighted by atomic mass is 35.5. The molecule has 0 saturated heterocycles. The molecule has 0 spiro atoms. The van der Waals surface area contributed by atoms with E-state index in [4.69, 9.17) is 23.2 Å². The van der Waals surface area contributed by atoms with Crippen LogP contribution in [-0.4, -0.2) is 4.98 Å². The topological polar surface area (TPSA) is 12.9 Å². The molecule has 18 heavy (non-hydrogen) atoms. The average molecular weight is 294 g/mol. The van der Waals surface area contributed by atoms with Crippen molar-refractivity contribution in [3.05, 3.63) is 64.1 Å². The highest BCUT2D eigenvalue weighted by molar-refractivity contribution is 7.18. The van der Waals surface area contributed by atoms with Crippen molar-refractivity contribution >= 4 is 44.8 Å². The van der Waals surface area contributed by atoms with Gasteiger partial charge in [-0.05, 0) is 23.8 Å². The van der Waals surface area contributed by atoms with Gasteiger partial charge in [0, 0.05) is 5.02 Å². The van der Waals surface area contributed by atoms with Gasteiger partial charge in [0.05, 0.1) is 10.2 Å². The lowest BCUT2D eigenvalue weighted by molar-refractivity contribution is 1.11. The SMILES string of the molecule is Clc1ccc2nc(C(Cl)c3ccccc3)sc2c1. The number of fused-ring (bicyclic) bond motifs is 1. The number of aromatic nitrogens is 1. The van der Waals surface area contributed by atoms with Gasteiger partial charge < -0.3 is 0 Å². The Morgan fingerprint density at radius 2 is 1.83 bits per heavy atom. The fraction of sp³-hybridized carbons (Fsp3) is 0.0714. The number of thiazole rings is 1. The summed E-state index contributed by atoms with van der Waals surface area (Å²) in [6, 6.07) is 15.7. The molecule has 0 saturated carbocycles. The molecule has 0 amide bonds. The number of halogens is 2. The molecule has 0 fully saturated rings. The maximum atomic E-state index is 6.46. The van der Waals surface area contributed by atoms with E-state index in [0.717, 1.165) is 25.8 Å². The predicted octanol–water partition coefficient (Wildman–Crippen LogP) is 5.28. The monoisotopic (exact) mass is 293 g/mol. The molecule has 90 valence electrons. The van der Waals surface area contributed by atoms with E-state index in [1.165, 1.54) is 0 Å². The average Bonchev–Trinajstić information content (AvgIpc) is 2.81. The Morgan fingerprint density at radius 1 is 1.06 bits per heavy atom. The highest BCUT2D eigenvalue weighted by Gasteiger charge is 2.15. The minimum Gasteiger partial charge on any atom is -0.239 e. The Morgan fingerprint density at radius 3 is 2.61 bits per heavy atom. The van der Waals surface area contributed by atoms with E-state index in [2.05, 4.69) is 4.98 Å². The molecule has 2 aromatic carbocycles. The molecular formula is C14H9Cl2NS. The summed E-state index contributed by atoms with van der Waals surface area (Å²) in [4.78, 5) is 4.56. The van der Waals surface area contributed by atoms with E-state index in [9.17, 15) is 0 Å². The van der Waals surface area contributed by atoms with Crippen molar-refractivity contribution in [2.75, 3.05) is 0 Å². The Bertz CT molecular complexity index is 679. The van der Waals surface area contributed by atoms with Gasteiger partial charge in [0.2, 0.25) is 0 Å². The fourth-order valence-corrected chi connectivity index (χ4v) is 3.37. The van der Waals surface area contributed by atoms with E-state index in [-0.39, 0.29) is 5.38 Å². The first kappa shape index (κ1) is 12.0. The van der Waals surface area contributed by atoms with Crippen molar-refractivity contribution < 1.29 is 0 Å². The minimum absolute atomic E-state index is 0.206. The molecule has 0 aliphatic carbocycles. The highest BCUT2D eigenvalue weighted by Crippen LogP contribution is 2.35. The van der Waals surface area contributed by atoms with Crippen molar-refractivity contribution in [3.8, 4) is 0 Å². The van der Waals surface area contributed by atoms with Crippen molar-refractivity contribution in [2.45, 2.75) is 5.38 Å². The molecule has 1 nitrogen and oxygen atoms in total. The lowest BCUT2D eigenvalue weighted by atomic mass is 10.1. The first-order valence-corrected chi connectivity index (χ1v) is 7.12. The second-order valence-corrected chi connectivity index (χ2v) is 5.87. The van der Waals surface area contributed by atoms with Gasteiger partial charge in [0.25, 0.3) is 0 Å². The van der Waals surface area contributed by atoms with Crippen LogP contribution in [0, 0.1) is 0 Å². The minimum atomic E-state index is -0.206. The quantitative estimate of drug-likeness (QED) is 0.586. The van der Waals surface area contributed by atoms with Gasteiger partial charge in [-0.25, -0.2) is 4.98 Å². The summed E-state index contributed by atoms with van der Waals surface area (Å²) in [5, 5.41) is 1.42. The van der Waals surface area contributed by atoms with Gasteiger partial charge in [0.15, 0.2) is 0 Å². The second-order valence-electron chi connectivity index (χ2n) is 3.94. The zero-order valence-corrected chi connectivity index (χ0v) is 11.6. The van der Waals surface area contributed by atoms with Crippen molar-refractivity contribution in [2.24, 2.45) is 0 Å². The van der Waals surface area contributed by atoms with Crippen LogP contribution in [0.4, 0.5) is 0 Å². The number of hydrogen-bond acceptors (Lipinski definition) is 2. The van der Waals surface area contributed by atoms with Crippen molar-refractivity contribution in [1.82, 2.24) is 4.98 Å². The summed E-state index contributed by atoms with van der Waals surface area (Å²) >= 11 is 14.0. The molecule has 0 bridgehead atoms. The fourth-order valence-electron chi connectivity index (χ4n) is 1.79. The summed E-state index contributed by atoms with van der Waals surface area (Å²) in [6.07, 6.45) is 0. The molecule has 1 heterocycles. The van der Waals surface area contributed by atoms with Crippen molar-refractivity contribution in [1.29, 1.82) is 0 Å². The third kappa shape index (κ3) is 2.24. The molecule has 1 unspecified atom stereocenters. The second kappa shape index (κ2) is 4.88. The lowest BCUT2D eigenvalue weighted by Gasteiger charge is -2.05. The van der Waals surface area contributed by atoms with E-state index in [1.807, 2.05) is 48.5 Å². The van der Waals surface area contributed by atoms with Crippen LogP contribution in [-0.2, 0) is 0 Å². The van der Waals surface area contributed by atoms with Crippen LogP contribution in [0.5, 0.6) is 0 Å². The Balaban J connectivity index is 2.04. The Hall–Kier alpha value is -1.09. The maximum absolute atomic E-state index is 6.46. The number of hydrogen-bond donors (Lipinski definition) is 0. The molecular weight excluding hydrogens is 285 g/mol. The Kier molecular flexibility index (Phi) is 3.25. The van der Waals surface area contributed by atoms with Crippen LogP contribution in [0.15, 0.2) is 48.5 Å². The van der Waals surface area contributed by atoms with Gasteiger partial charge >= 0.3 is 0 Å². The molecule has 1 aromatic heterocycles. The molecule has 0 aliphatic rings. The summed E-state index contributed by atoms with van der Waals surface area (Å²) in [7, 11) is 0. The molecule has 0 radical (unpaired) electrons. The maximum Gasteiger partial charge on any atom is 0.116 e. The van der Waals surface area contributed by atoms with Crippen LogP contribution in [0.25, 0.3) is 10.2 Å². The third-order valence-electron chi connectivity index (χ3n) is 2.68. The number of nitrogens with zero attached hydrogens (tertiary/aromatic N) is 1. The van der Waals surface area contributed by atoms with Gasteiger partial charge in [0.1, 0.15) is 10.4 Å². The normalized spacial score (nSPS) is 12.8. The van der Waals surface area contributed by atoms with E-state index >= 15 is 0 Å². The largest absolute Gasteiger partial charge is 0.239 e. The molecule has 0 aliphatic heterocycles. The predicted molar refractivity (Wildman–Crippen MR) is 78.8 cm³/mol. The smallest absolute Gasteiger partial charge is 0.116 e. The van der Waals surface area contributed by atoms with Gasteiger partial charge in [-0.1, -0.05) is 41.9 Å². The summed E-state index contributed by atoms with van der Waals surface area (Å²) < 4.78 is 1.07. The van der Waals surface area contributed by atoms with Gasteiger partial charge in [-0.2, -0.15) is 0 Å². The lowest BCUT2D eigenvalue weighted by Crippen LogP contribution is -1.91. The number of rotatable bonds is 2. The zero-order chi connectivity index (χ0) is 12.5. The van der Waals surface area contributed by atoms with E-state index < -0.39 is 0 Å². The molecule has 4 heteroatoms. The summed E-state index contributed by atoms with van der Waals surface area (Å²) in [6.45, 7) is 0. The molecule has 1 atom stereocenters. The number of benzene rings is 2. The molecule has 3 aromatic rings. The number of alkyl halides is 1. The van der Waals surface area contributed by atoms with Gasteiger partial charge in [-0.15, -0.1) is 22.9 Å². The summed E-state index contributed by atoms with van der Waals surface area (Å²) in [5.41, 5.74) is 2.00. The van der Waals surface area contributed by atoms with Crippen LogP contribution in [0.3, 0.4) is 0 Å². The first-order valence-electron chi connectivity index (χ1n) is 5.49. The third-order valence-corrected chi connectivity index (χ3v) is 4.58. The van der Waals surface area contributed by atoms with Crippen LogP contribution < -0.4 is 0 Å². The first-order chi connectivity index (χ1) is 8.74. The van der Waals surface area contributed by atoms with Crippen LogP contribution in [0.1, 0.15) is 15.9 Å². The standard InChI is InChI=1S/C14H9Cl2NS/c15-10-6-7-11-12(8-10)18-14(17-11)13(16)9-4-2-1-3-5-9/h1-8,13H. The zero-order valence-electron chi connectivity index (χ0n) is 9.31. The van der Waals surface area contributed by atoms with Crippen LogP contribution in [0.2, 0.25) is 5.02 Å². The van der Waals surface area contributed by atoms with Gasteiger partial charge in [-0.3, -0.25) is 0 Å². The van der Waals surface area contributed by atoms with E-state index in [1.54, 1.807) is 11.3 Å².